The Hall–Kier alpha value is 0.410. The van der Waals surface area contributed by atoms with Gasteiger partial charge in [-0.25, -0.2) is 4.39 Å². The fourth-order valence-corrected chi connectivity index (χ4v) is 1.46. The van der Waals surface area contributed by atoms with Crippen LogP contribution in [0, 0.1) is 0 Å². The van der Waals surface area contributed by atoms with Crippen LogP contribution < -0.4 is 0 Å². The highest BCUT2D eigenvalue weighted by atomic mass is 79.9. The molecule has 0 amide bonds. The zero-order valence-corrected chi connectivity index (χ0v) is 5.62. The first-order chi connectivity index (χ1) is 3.30. The van der Waals surface area contributed by atoms with Crippen LogP contribution in [0.3, 0.4) is 0 Å². The molecule has 2 heteroatoms. The molecule has 7 heavy (non-hydrogen) atoms. The van der Waals surface area contributed by atoms with E-state index < -0.39 is 6.17 Å². The minimum absolute atomic E-state index is 0.160. The van der Waals surface area contributed by atoms with Crippen molar-refractivity contribution in [1.29, 1.82) is 0 Å². The Balaban J connectivity index is 2.33. The minimum Gasteiger partial charge on any atom is -0.246 e. The summed E-state index contributed by atoms with van der Waals surface area (Å²) in [5.41, 5.74) is 0. The molecule has 42 valence electrons. The average Bonchev–Trinajstić information content (AvgIpc) is 1.91. The third kappa shape index (κ3) is 1.15. The zero-order chi connectivity index (χ0) is 5.28. The first kappa shape index (κ1) is 5.54. The van der Waals surface area contributed by atoms with E-state index in [0.717, 1.165) is 19.3 Å². The van der Waals surface area contributed by atoms with Crippen molar-refractivity contribution in [2.24, 2.45) is 0 Å². The lowest BCUT2D eigenvalue weighted by Gasteiger charge is -1.98. The van der Waals surface area contributed by atoms with Gasteiger partial charge in [0.1, 0.15) is 6.17 Å². The van der Waals surface area contributed by atoms with E-state index in [0.29, 0.717) is 0 Å². The maximum absolute atomic E-state index is 12.3. The van der Waals surface area contributed by atoms with Crippen LogP contribution in [-0.4, -0.2) is 11.0 Å². The third-order valence-corrected chi connectivity index (χ3v) is 2.38. The summed E-state index contributed by atoms with van der Waals surface area (Å²) < 4.78 is 12.3. The third-order valence-electron chi connectivity index (χ3n) is 1.35. The summed E-state index contributed by atoms with van der Waals surface area (Å²) >= 11 is 3.23. The topological polar surface area (TPSA) is 0 Å². The van der Waals surface area contributed by atoms with Crippen LogP contribution in [0.15, 0.2) is 0 Å². The van der Waals surface area contributed by atoms with Crippen LogP contribution in [0.25, 0.3) is 0 Å². The minimum atomic E-state index is -0.569. The molecule has 1 aliphatic carbocycles. The second-order valence-electron chi connectivity index (χ2n) is 1.96. The SMILES string of the molecule is F[C@H]1CCC[C@H]1Br. The lowest BCUT2D eigenvalue weighted by atomic mass is 10.3. The summed E-state index contributed by atoms with van der Waals surface area (Å²) in [4.78, 5) is 0.160. The van der Waals surface area contributed by atoms with Crippen molar-refractivity contribution in [2.75, 3.05) is 0 Å². The molecule has 0 unspecified atom stereocenters. The first-order valence-corrected chi connectivity index (χ1v) is 3.50. The van der Waals surface area contributed by atoms with Gasteiger partial charge in [-0.3, -0.25) is 0 Å². The Morgan fingerprint density at radius 1 is 1.43 bits per heavy atom. The monoisotopic (exact) mass is 166 g/mol. The van der Waals surface area contributed by atoms with E-state index in [1.165, 1.54) is 0 Å². The normalized spacial score (nSPS) is 42.0. The van der Waals surface area contributed by atoms with Gasteiger partial charge in [-0.15, -0.1) is 0 Å². The maximum Gasteiger partial charge on any atom is 0.113 e. The summed E-state index contributed by atoms with van der Waals surface area (Å²) in [6.07, 6.45) is 2.26. The molecule has 0 heterocycles. The van der Waals surface area contributed by atoms with Gasteiger partial charge in [-0.1, -0.05) is 15.9 Å². The Morgan fingerprint density at radius 3 is 2.29 bits per heavy atom. The molecule has 0 aromatic heterocycles. The molecular formula is C5H8BrF. The molecule has 0 nitrogen and oxygen atoms in total. The molecule has 1 rings (SSSR count). The van der Waals surface area contributed by atoms with Crippen molar-refractivity contribution in [3.63, 3.8) is 0 Å². The quantitative estimate of drug-likeness (QED) is 0.485. The number of rotatable bonds is 0. The molecule has 0 spiro atoms. The van der Waals surface area contributed by atoms with Crippen LogP contribution >= 0.6 is 15.9 Å². The summed E-state index contributed by atoms with van der Waals surface area (Å²) in [7, 11) is 0. The smallest absolute Gasteiger partial charge is 0.113 e. The van der Waals surface area contributed by atoms with Crippen molar-refractivity contribution in [3.8, 4) is 0 Å². The molecule has 0 aromatic rings. The van der Waals surface area contributed by atoms with Crippen LogP contribution in [0.4, 0.5) is 4.39 Å². The highest BCUT2D eigenvalue weighted by Crippen LogP contribution is 2.27. The molecule has 0 saturated heterocycles. The number of hydrogen-bond donors (Lipinski definition) is 0. The predicted octanol–water partition coefficient (Wildman–Crippen LogP) is 2.27. The van der Waals surface area contributed by atoms with Crippen LogP contribution in [0.5, 0.6) is 0 Å². The highest BCUT2D eigenvalue weighted by molar-refractivity contribution is 9.09. The summed E-state index contributed by atoms with van der Waals surface area (Å²) in [5.74, 6) is 0. The van der Waals surface area contributed by atoms with Gasteiger partial charge in [-0.05, 0) is 19.3 Å². The van der Waals surface area contributed by atoms with E-state index in [1.54, 1.807) is 0 Å². The summed E-state index contributed by atoms with van der Waals surface area (Å²) in [5, 5.41) is 0. The summed E-state index contributed by atoms with van der Waals surface area (Å²) in [6.45, 7) is 0. The average molecular weight is 167 g/mol. The lowest BCUT2D eigenvalue weighted by Crippen LogP contribution is -2.04. The Morgan fingerprint density at radius 2 is 2.14 bits per heavy atom. The van der Waals surface area contributed by atoms with Gasteiger partial charge < -0.3 is 0 Å². The molecule has 0 N–H and O–H groups in total. The van der Waals surface area contributed by atoms with Gasteiger partial charge in [0.25, 0.3) is 0 Å². The van der Waals surface area contributed by atoms with Crippen molar-refractivity contribution in [3.05, 3.63) is 0 Å². The Kier molecular flexibility index (Phi) is 1.68. The lowest BCUT2D eigenvalue weighted by molar-refractivity contribution is 0.352. The van der Waals surface area contributed by atoms with Crippen molar-refractivity contribution >= 4 is 15.9 Å². The molecule has 1 saturated carbocycles. The van der Waals surface area contributed by atoms with E-state index in [-0.39, 0.29) is 4.83 Å². The van der Waals surface area contributed by atoms with Crippen LogP contribution in [-0.2, 0) is 0 Å². The van der Waals surface area contributed by atoms with Crippen molar-refractivity contribution < 1.29 is 4.39 Å². The van der Waals surface area contributed by atoms with E-state index in [2.05, 4.69) is 15.9 Å². The molecule has 0 aromatic carbocycles. The number of alkyl halides is 2. The molecule has 1 fully saturated rings. The van der Waals surface area contributed by atoms with E-state index in [9.17, 15) is 4.39 Å². The summed E-state index contributed by atoms with van der Waals surface area (Å²) in [6, 6.07) is 0. The maximum atomic E-state index is 12.3. The van der Waals surface area contributed by atoms with Gasteiger partial charge >= 0.3 is 0 Å². The van der Waals surface area contributed by atoms with Crippen LogP contribution in [0.2, 0.25) is 0 Å². The molecule has 0 aliphatic heterocycles. The molecular weight excluding hydrogens is 159 g/mol. The Bertz CT molecular complexity index is 57.1. The van der Waals surface area contributed by atoms with E-state index in [4.69, 9.17) is 0 Å². The van der Waals surface area contributed by atoms with Crippen molar-refractivity contribution in [1.82, 2.24) is 0 Å². The van der Waals surface area contributed by atoms with Gasteiger partial charge in [0.05, 0.1) is 0 Å². The molecule has 0 radical (unpaired) electrons. The van der Waals surface area contributed by atoms with Crippen LogP contribution in [0.1, 0.15) is 19.3 Å². The van der Waals surface area contributed by atoms with E-state index >= 15 is 0 Å². The van der Waals surface area contributed by atoms with Gasteiger partial charge in [-0.2, -0.15) is 0 Å². The van der Waals surface area contributed by atoms with Gasteiger partial charge in [0.2, 0.25) is 0 Å². The highest BCUT2D eigenvalue weighted by Gasteiger charge is 2.23. The molecule has 2 atom stereocenters. The second-order valence-corrected chi connectivity index (χ2v) is 3.14. The molecule has 0 bridgehead atoms. The number of halogens is 2. The van der Waals surface area contributed by atoms with Crippen molar-refractivity contribution in [2.45, 2.75) is 30.3 Å². The Labute approximate surface area is 51.2 Å². The fourth-order valence-electron chi connectivity index (χ4n) is 0.870. The largest absolute Gasteiger partial charge is 0.246 e. The second kappa shape index (κ2) is 2.12. The van der Waals surface area contributed by atoms with Gasteiger partial charge in [0, 0.05) is 4.83 Å². The zero-order valence-electron chi connectivity index (χ0n) is 4.03. The number of hydrogen-bond acceptors (Lipinski definition) is 0. The molecule has 1 aliphatic rings. The van der Waals surface area contributed by atoms with E-state index in [1.807, 2.05) is 0 Å². The standard InChI is InChI=1S/C5H8BrF/c6-4-2-1-3-5(4)7/h4-5H,1-3H2/t4-,5+/m1/s1. The first-order valence-electron chi connectivity index (χ1n) is 2.59. The fraction of sp³-hybridized carbons (Fsp3) is 1.00. The predicted molar refractivity (Wildman–Crippen MR) is 31.5 cm³/mol. The van der Waals surface area contributed by atoms with Gasteiger partial charge in [0.15, 0.2) is 0 Å².